The van der Waals surface area contributed by atoms with Gasteiger partial charge in [-0.3, -0.25) is 0 Å². The van der Waals surface area contributed by atoms with E-state index in [1.54, 1.807) is 13.0 Å². The van der Waals surface area contributed by atoms with Crippen molar-refractivity contribution in [1.29, 1.82) is 0 Å². The summed E-state index contributed by atoms with van der Waals surface area (Å²) in [4.78, 5) is 2.48. The highest BCUT2D eigenvalue weighted by Crippen LogP contribution is 2.20. The molecule has 2 unspecified atom stereocenters. The van der Waals surface area contributed by atoms with Gasteiger partial charge in [-0.1, -0.05) is 19.1 Å². The van der Waals surface area contributed by atoms with Crippen molar-refractivity contribution in [2.24, 2.45) is 11.7 Å². The van der Waals surface area contributed by atoms with Crippen molar-refractivity contribution >= 4 is 0 Å². The highest BCUT2D eigenvalue weighted by Gasteiger charge is 2.17. The molecule has 1 aromatic rings. The van der Waals surface area contributed by atoms with Crippen LogP contribution in [0.2, 0.25) is 0 Å². The van der Waals surface area contributed by atoms with Gasteiger partial charge in [-0.25, -0.2) is 4.39 Å². The smallest absolute Gasteiger partial charge is 0.126 e. The van der Waals surface area contributed by atoms with Crippen LogP contribution in [0.25, 0.3) is 0 Å². The van der Waals surface area contributed by atoms with Crippen LogP contribution in [0.5, 0.6) is 0 Å². The minimum absolute atomic E-state index is 0.0627. The predicted molar refractivity (Wildman–Crippen MR) is 77.5 cm³/mol. The minimum atomic E-state index is -0.153. The average Bonchev–Trinajstić information content (AvgIpc) is 2.39. The van der Waals surface area contributed by atoms with Gasteiger partial charge in [0.15, 0.2) is 0 Å². The van der Waals surface area contributed by atoms with Gasteiger partial charge in [0.2, 0.25) is 0 Å². The maximum absolute atomic E-state index is 13.5. The van der Waals surface area contributed by atoms with Crippen LogP contribution in [0.15, 0.2) is 18.2 Å². The molecule has 19 heavy (non-hydrogen) atoms. The number of nitrogens with two attached hydrogens (primary N) is 1. The molecule has 0 aromatic heterocycles. The third kappa shape index (κ3) is 4.02. The molecule has 0 amide bonds. The second-order valence-corrected chi connectivity index (χ2v) is 5.95. The van der Waals surface area contributed by atoms with Gasteiger partial charge in [-0.2, -0.15) is 0 Å². The third-order valence-corrected chi connectivity index (χ3v) is 4.12. The number of nitrogens with zero attached hydrogens (tertiary/aromatic N) is 1. The van der Waals surface area contributed by atoms with E-state index < -0.39 is 0 Å². The molecule has 1 heterocycles. The number of rotatable bonds is 4. The van der Waals surface area contributed by atoms with E-state index in [0.717, 1.165) is 24.4 Å². The van der Waals surface area contributed by atoms with Gasteiger partial charge in [0.05, 0.1) is 0 Å². The van der Waals surface area contributed by atoms with Gasteiger partial charge in [0.25, 0.3) is 0 Å². The van der Waals surface area contributed by atoms with E-state index in [4.69, 9.17) is 5.73 Å². The zero-order valence-electron chi connectivity index (χ0n) is 12.0. The highest BCUT2D eigenvalue weighted by molar-refractivity contribution is 5.25. The number of halogens is 1. The fourth-order valence-electron chi connectivity index (χ4n) is 2.82. The lowest BCUT2D eigenvalue weighted by atomic mass is 9.98. The van der Waals surface area contributed by atoms with Gasteiger partial charge < -0.3 is 10.6 Å². The van der Waals surface area contributed by atoms with Crippen LogP contribution in [-0.4, -0.2) is 24.5 Å². The highest BCUT2D eigenvalue weighted by atomic mass is 19.1. The van der Waals surface area contributed by atoms with Crippen LogP contribution in [0.3, 0.4) is 0 Å². The molecule has 1 aliphatic rings. The molecule has 106 valence electrons. The van der Waals surface area contributed by atoms with Crippen LogP contribution >= 0.6 is 0 Å². The Hall–Kier alpha value is -0.930. The van der Waals surface area contributed by atoms with Gasteiger partial charge in [-0.15, -0.1) is 0 Å². The molecule has 0 spiro atoms. The molecule has 2 atom stereocenters. The average molecular weight is 264 g/mol. The molecule has 0 bridgehead atoms. The van der Waals surface area contributed by atoms with E-state index in [-0.39, 0.29) is 11.9 Å². The van der Waals surface area contributed by atoms with E-state index in [1.165, 1.54) is 25.9 Å². The van der Waals surface area contributed by atoms with E-state index in [2.05, 4.69) is 11.8 Å². The first-order valence-electron chi connectivity index (χ1n) is 7.30. The van der Waals surface area contributed by atoms with Crippen LogP contribution in [0, 0.1) is 18.7 Å². The molecule has 2 rings (SSSR count). The molecular formula is C16H25FN2. The maximum Gasteiger partial charge on any atom is 0.126 e. The summed E-state index contributed by atoms with van der Waals surface area (Å²) in [6.45, 7) is 7.45. The SMILES string of the molecule is Cc1ccc(C(N)CCN2CCCC(C)C2)cc1F. The van der Waals surface area contributed by atoms with E-state index in [9.17, 15) is 4.39 Å². The molecule has 1 fully saturated rings. The monoisotopic (exact) mass is 264 g/mol. The Balaban J connectivity index is 1.86. The maximum atomic E-state index is 13.5. The zero-order valence-corrected chi connectivity index (χ0v) is 12.0. The number of aryl methyl sites for hydroxylation is 1. The molecule has 2 N–H and O–H groups in total. The Labute approximate surface area is 115 Å². The summed E-state index contributed by atoms with van der Waals surface area (Å²) in [5.74, 6) is 0.640. The third-order valence-electron chi connectivity index (χ3n) is 4.12. The second kappa shape index (κ2) is 6.49. The van der Waals surface area contributed by atoms with Crippen molar-refractivity contribution < 1.29 is 4.39 Å². The van der Waals surface area contributed by atoms with Crippen molar-refractivity contribution in [3.8, 4) is 0 Å². The van der Waals surface area contributed by atoms with E-state index in [0.29, 0.717) is 5.56 Å². The van der Waals surface area contributed by atoms with Crippen LogP contribution < -0.4 is 5.73 Å². The van der Waals surface area contributed by atoms with Gasteiger partial charge >= 0.3 is 0 Å². The number of piperidine rings is 1. The Bertz CT molecular complexity index is 419. The van der Waals surface area contributed by atoms with Crippen molar-refractivity contribution in [2.45, 2.75) is 39.2 Å². The standard InChI is InChI=1S/C16H25FN2/c1-12-4-3-8-19(11-12)9-7-16(18)14-6-5-13(2)15(17)10-14/h5-6,10,12,16H,3-4,7-9,11,18H2,1-2H3. The molecule has 3 heteroatoms. The first-order chi connectivity index (χ1) is 9.06. The fraction of sp³-hybridized carbons (Fsp3) is 0.625. The minimum Gasteiger partial charge on any atom is -0.324 e. The topological polar surface area (TPSA) is 29.3 Å². The lowest BCUT2D eigenvalue weighted by Crippen LogP contribution is -2.36. The summed E-state index contributed by atoms with van der Waals surface area (Å²) >= 11 is 0. The van der Waals surface area contributed by atoms with Crippen LogP contribution in [0.4, 0.5) is 4.39 Å². The zero-order chi connectivity index (χ0) is 13.8. The quantitative estimate of drug-likeness (QED) is 0.904. The number of likely N-dealkylation sites (tertiary alicyclic amines) is 1. The molecule has 1 aromatic carbocycles. The largest absolute Gasteiger partial charge is 0.324 e. The fourth-order valence-corrected chi connectivity index (χ4v) is 2.82. The molecule has 1 aliphatic heterocycles. The summed E-state index contributed by atoms with van der Waals surface area (Å²) in [5, 5.41) is 0. The molecule has 0 aliphatic carbocycles. The van der Waals surface area contributed by atoms with Gasteiger partial charge in [0, 0.05) is 12.6 Å². The molecule has 0 saturated carbocycles. The van der Waals surface area contributed by atoms with Crippen molar-refractivity contribution in [2.75, 3.05) is 19.6 Å². The normalized spacial score (nSPS) is 22.4. The summed E-state index contributed by atoms with van der Waals surface area (Å²) in [7, 11) is 0. The summed E-state index contributed by atoms with van der Waals surface area (Å²) in [6, 6.07) is 5.28. The Morgan fingerprint density at radius 1 is 1.47 bits per heavy atom. The van der Waals surface area contributed by atoms with Crippen molar-refractivity contribution in [1.82, 2.24) is 4.90 Å². The van der Waals surface area contributed by atoms with E-state index in [1.807, 2.05) is 12.1 Å². The first-order valence-corrected chi connectivity index (χ1v) is 7.30. The second-order valence-electron chi connectivity index (χ2n) is 5.95. The van der Waals surface area contributed by atoms with Gasteiger partial charge in [-0.05, 0) is 62.4 Å². The Morgan fingerprint density at radius 3 is 2.95 bits per heavy atom. The lowest BCUT2D eigenvalue weighted by molar-refractivity contribution is 0.178. The number of hydrogen-bond donors (Lipinski definition) is 1. The Morgan fingerprint density at radius 2 is 2.26 bits per heavy atom. The van der Waals surface area contributed by atoms with Crippen molar-refractivity contribution in [3.05, 3.63) is 35.1 Å². The lowest BCUT2D eigenvalue weighted by Gasteiger charge is -2.31. The molecule has 1 saturated heterocycles. The van der Waals surface area contributed by atoms with Crippen molar-refractivity contribution in [3.63, 3.8) is 0 Å². The summed E-state index contributed by atoms with van der Waals surface area (Å²) < 4.78 is 13.5. The van der Waals surface area contributed by atoms with Crippen LogP contribution in [0.1, 0.15) is 43.4 Å². The number of benzene rings is 1. The van der Waals surface area contributed by atoms with E-state index >= 15 is 0 Å². The molecule has 0 radical (unpaired) electrons. The predicted octanol–water partition coefficient (Wildman–Crippen LogP) is 3.26. The molecule has 2 nitrogen and oxygen atoms in total. The molecular weight excluding hydrogens is 239 g/mol. The van der Waals surface area contributed by atoms with Gasteiger partial charge in [0.1, 0.15) is 5.82 Å². The van der Waals surface area contributed by atoms with Crippen LogP contribution in [-0.2, 0) is 0 Å². The summed E-state index contributed by atoms with van der Waals surface area (Å²) in [6.07, 6.45) is 3.52. The Kier molecular flexibility index (Phi) is 4.94. The summed E-state index contributed by atoms with van der Waals surface area (Å²) in [5.41, 5.74) is 7.76. The number of hydrogen-bond acceptors (Lipinski definition) is 2. The first kappa shape index (κ1) is 14.5.